The largest absolute Gasteiger partial charge is 0.423 e. The fourth-order valence-corrected chi connectivity index (χ4v) is 0.892. The van der Waals surface area contributed by atoms with Gasteiger partial charge in [0.05, 0.1) is 0 Å². The first-order valence-electron chi connectivity index (χ1n) is 4.14. The zero-order valence-corrected chi connectivity index (χ0v) is 7.90. The van der Waals surface area contributed by atoms with Gasteiger partial charge in [0.15, 0.2) is 5.75 Å². The van der Waals surface area contributed by atoms with Gasteiger partial charge in [-0.15, -0.1) is 0 Å². The monoisotopic (exact) mass is 209 g/mol. The number of carbonyl (C=O) groups is 1. The average molecular weight is 209 g/mol. The molecule has 0 saturated carbocycles. The normalized spacial score (nSPS) is 11.6. The number of benzene rings is 1. The SMILES string of the molecule is CC(O)C(=O)Oc1cccc(F)c1C#N. The molecule has 1 aromatic carbocycles. The number of rotatable bonds is 2. The molecule has 0 aliphatic rings. The summed E-state index contributed by atoms with van der Waals surface area (Å²) in [5.41, 5.74) is -0.355. The van der Waals surface area contributed by atoms with E-state index in [1.54, 1.807) is 6.07 Å². The highest BCUT2D eigenvalue weighted by Crippen LogP contribution is 2.20. The summed E-state index contributed by atoms with van der Waals surface area (Å²) < 4.78 is 17.7. The molecule has 0 bridgehead atoms. The van der Waals surface area contributed by atoms with Crippen LogP contribution in [-0.4, -0.2) is 17.2 Å². The third kappa shape index (κ3) is 2.51. The molecule has 1 N–H and O–H groups in total. The molecule has 0 aromatic heterocycles. The molecular formula is C10H8FNO3. The van der Waals surface area contributed by atoms with Crippen LogP contribution in [0.15, 0.2) is 18.2 Å². The van der Waals surface area contributed by atoms with Crippen molar-refractivity contribution >= 4 is 5.97 Å². The van der Waals surface area contributed by atoms with Crippen LogP contribution < -0.4 is 4.74 Å². The van der Waals surface area contributed by atoms with Crippen molar-refractivity contribution in [1.82, 2.24) is 0 Å². The van der Waals surface area contributed by atoms with E-state index in [0.717, 1.165) is 6.07 Å². The van der Waals surface area contributed by atoms with Crippen molar-refractivity contribution in [2.75, 3.05) is 0 Å². The molecule has 15 heavy (non-hydrogen) atoms. The highest BCUT2D eigenvalue weighted by atomic mass is 19.1. The molecule has 0 heterocycles. The summed E-state index contributed by atoms with van der Waals surface area (Å²) in [5, 5.41) is 17.5. The average Bonchev–Trinajstić information content (AvgIpc) is 2.18. The topological polar surface area (TPSA) is 70.3 Å². The number of hydrogen-bond donors (Lipinski definition) is 1. The number of nitrogens with zero attached hydrogens (tertiary/aromatic N) is 1. The third-order valence-corrected chi connectivity index (χ3v) is 1.64. The Balaban J connectivity index is 3.01. The maximum absolute atomic E-state index is 13.0. The van der Waals surface area contributed by atoms with Crippen LogP contribution in [0.4, 0.5) is 4.39 Å². The molecule has 0 radical (unpaired) electrons. The molecule has 1 aromatic rings. The maximum Gasteiger partial charge on any atom is 0.340 e. The smallest absolute Gasteiger partial charge is 0.340 e. The Kier molecular flexibility index (Phi) is 3.37. The van der Waals surface area contributed by atoms with E-state index < -0.39 is 17.9 Å². The van der Waals surface area contributed by atoms with Crippen LogP contribution in [0.2, 0.25) is 0 Å². The molecule has 0 aliphatic heterocycles. The predicted octanol–water partition coefficient (Wildman–Crippen LogP) is 0.984. The second-order valence-corrected chi connectivity index (χ2v) is 2.82. The molecule has 1 atom stereocenters. The number of aliphatic hydroxyl groups excluding tert-OH is 1. The summed E-state index contributed by atoms with van der Waals surface area (Å²) in [7, 11) is 0. The lowest BCUT2D eigenvalue weighted by atomic mass is 10.2. The van der Waals surface area contributed by atoms with E-state index >= 15 is 0 Å². The van der Waals surface area contributed by atoms with Crippen LogP contribution in [0.3, 0.4) is 0 Å². The molecule has 1 unspecified atom stereocenters. The summed E-state index contributed by atoms with van der Waals surface area (Å²) in [6.07, 6.45) is -1.32. The van der Waals surface area contributed by atoms with Gasteiger partial charge in [-0.05, 0) is 19.1 Å². The van der Waals surface area contributed by atoms with Crippen LogP contribution in [0, 0.1) is 17.1 Å². The molecule has 5 heteroatoms. The predicted molar refractivity (Wildman–Crippen MR) is 48.4 cm³/mol. The second kappa shape index (κ2) is 4.53. The van der Waals surface area contributed by atoms with Gasteiger partial charge in [-0.2, -0.15) is 5.26 Å². The molecular weight excluding hydrogens is 201 g/mol. The highest BCUT2D eigenvalue weighted by Gasteiger charge is 2.16. The van der Waals surface area contributed by atoms with E-state index in [1.807, 2.05) is 0 Å². The Bertz CT molecular complexity index is 423. The van der Waals surface area contributed by atoms with Crippen molar-refractivity contribution < 1.29 is 19.0 Å². The van der Waals surface area contributed by atoms with E-state index in [0.29, 0.717) is 0 Å². The first-order valence-corrected chi connectivity index (χ1v) is 4.14. The lowest BCUT2D eigenvalue weighted by Gasteiger charge is -2.07. The number of ether oxygens (including phenoxy) is 1. The Morgan fingerprint density at radius 1 is 1.67 bits per heavy atom. The van der Waals surface area contributed by atoms with Crippen molar-refractivity contribution in [2.24, 2.45) is 0 Å². The van der Waals surface area contributed by atoms with Crippen LogP contribution in [0.5, 0.6) is 5.75 Å². The zero-order chi connectivity index (χ0) is 11.4. The first-order chi connectivity index (χ1) is 7.06. The van der Waals surface area contributed by atoms with Crippen molar-refractivity contribution in [1.29, 1.82) is 5.26 Å². The lowest BCUT2D eigenvalue weighted by molar-refractivity contribution is -0.142. The zero-order valence-electron chi connectivity index (χ0n) is 7.90. The van der Waals surface area contributed by atoms with Crippen LogP contribution >= 0.6 is 0 Å². The second-order valence-electron chi connectivity index (χ2n) is 2.82. The van der Waals surface area contributed by atoms with Crippen LogP contribution in [0.1, 0.15) is 12.5 Å². The van der Waals surface area contributed by atoms with Crippen molar-refractivity contribution in [3.05, 3.63) is 29.6 Å². The van der Waals surface area contributed by atoms with Crippen LogP contribution in [0.25, 0.3) is 0 Å². The Hall–Kier alpha value is -1.93. The fourth-order valence-electron chi connectivity index (χ4n) is 0.892. The van der Waals surface area contributed by atoms with Gasteiger partial charge >= 0.3 is 5.97 Å². The van der Waals surface area contributed by atoms with Gasteiger partial charge < -0.3 is 9.84 Å². The Morgan fingerprint density at radius 2 is 2.33 bits per heavy atom. The molecule has 0 aliphatic carbocycles. The Labute approximate surface area is 85.5 Å². The van der Waals surface area contributed by atoms with Gasteiger partial charge in [0.1, 0.15) is 23.6 Å². The summed E-state index contributed by atoms with van der Waals surface area (Å²) >= 11 is 0. The van der Waals surface area contributed by atoms with Crippen molar-refractivity contribution in [2.45, 2.75) is 13.0 Å². The van der Waals surface area contributed by atoms with E-state index in [-0.39, 0.29) is 11.3 Å². The molecule has 0 amide bonds. The standard InChI is InChI=1S/C10H8FNO3/c1-6(13)10(14)15-9-4-2-3-8(11)7(9)5-12/h2-4,6,13H,1H3. The minimum absolute atomic E-state index is 0.191. The molecule has 0 spiro atoms. The van der Waals surface area contributed by atoms with Gasteiger partial charge in [-0.3, -0.25) is 0 Å². The van der Waals surface area contributed by atoms with E-state index in [4.69, 9.17) is 10.4 Å². The minimum atomic E-state index is -1.32. The van der Waals surface area contributed by atoms with E-state index in [2.05, 4.69) is 4.74 Å². The molecule has 0 saturated heterocycles. The number of halogens is 1. The number of carbonyl (C=O) groups excluding carboxylic acids is 1. The first kappa shape index (κ1) is 11.1. The maximum atomic E-state index is 13.0. The summed E-state index contributed by atoms with van der Waals surface area (Å²) in [4.78, 5) is 11.0. The van der Waals surface area contributed by atoms with Gasteiger partial charge in [-0.25, -0.2) is 9.18 Å². The van der Waals surface area contributed by atoms with Gasteiger partial charge in [0.25, 0.3) is 0 Å². The minimum Gasteiger partial charge on any atom is -0.423 e. The third-order valence-electron chi connectivity index (χ3n) is 1.64. The summed E-state index contributed by atoms with van der Waals surface area (Å²) in [5.74, 6) is -1.89. The van der Waals surface area contributed by atoms with Gasteiger partial charge in [0, 0.05) is 0 Å². The molecule has 4 nitrogen and oxygen atoms in total. The Morgan fingerprint density at radius 3 is 2.87 bits per heavy atom. The number of esters is 1. The highest BCUT2D eigenvalue weighted by molar-refractivity contribution is 5.77. The summed E-state index contributed by atoms with van der Waals surface area (Å²) in [6, 6.07) is 5.24. The van der Waals surface area contributed by atoms with Gasteiger partial charge in [-0.1, -0.05) is 6.07 Å². The number of aliphatic hydroxyl groups is 1. The fraction of sp³-hybridized carbons (Fsp3) is 0.200. The molecule has 1 rings (SSSR count). The molecule has 0 fully saturated rings. The quantitative estimate of drug-likeness (QED) is 0.582. The van der Waals surface area contributed by atoms with E-state index in [9.17, 15) is 9.18 Å². The van der Waals surface area contributed by atoms with Gasteiger partial charge in [0.2, 0.25) is 0 Å². The number of nitriles is 1. The number of hydrogen-bond acceptors (Lipinski definition) is 4. The molecule has 78 valence electrons. The van der Waals surface area contributed by atoms with Crippen molar-refractivity contribution in [3.63, 3.8) is 0 Å². The van der Waals surface area contributed by atoms with Crippen LogP contribution in [-0.2, 0) is 4.79 Å². The lowest BCUT2D eigenvalue weighted by Crippen LogP contribution is -2.22. The van der Waals surface area contributed by atoms with E-state index in [1.165, 1.54) is 19.1 Å². The van der Waals surface area contributed by atoms with Crippen molar-refractivity contribution in [3.8, 4) is 11.8 Å². The summed E-state index contributed by atoms with van der Waals surface area (Å²) in [6.45, 7) is 1.22.